The third-order valence-electron chi connectivity index (χ3n) is 3.91. The van der Waals surface area contributed by atoms with Crippen LogP contribution in [-0.2, 0) is 9.53 Å². The quantitative estimate of drug-likeness (QED) is 0.879. The lowest BCUT2D eigenvalue weighted by Gasteiger charge is -2.32. The number of rotatable bonds is 5. The van der Waals surface area contributed by atoms with Gasteiger partial charge in [-0.2, -0.15) is 0 Å². The van der Waals surface area contributed by atoms with Gasteiger partial charge in [-0.05, 0) is 51.5 Å². The van der Waals surface area contributed by atoms with Gasteiger partial charge in [0, 0.05) is 16.8 Å². The highest BCUT2D eigenvalue weighted by atomic mass is 32.1. The number of carbonyl (C=O) groups excluding carboxylic acids is 1. The monoisotopic (exact) mass is 311 g/mol. The number of nitrogens with one attached hydrogen (secondary N) is 1. The van der Waals surface area contributed by atoms with Crippen LogP contribution in [0, 0.1) is 5.92 Å². The molecule has 1 aliphatic rings. The average Bonchev–Trinajstić information content (AvgIpc) is 2.91. The van der Waals surface area contributed by atoms with Crippen molar-refractivity contribution in [1.29, 1.82) is 0 Å². The summed E-state index contributed by atoms with van der Waals surface area (Å²) in [5.74, 6) is 0.105. The van der Waals surface area contributed by atoms with Crippen molar-refractivity contribution in [2.75, 3.05) is 0 Å². The molecule has 0 saturated carbocycles. The molecule has 1 aromatic heterocycles. The van der Waals surface area contributed by atoms with E-state index in [1.807, 2.05) is 38.3 Å². The molecule has 0 spiro atoms. The number of hydrogen-bond acceptors (Lipinski definition) is 4. The lowest BCUT2D eigenvalue weighted by Crippen LogP contribution is -2.42. The van der Waals surface area contributed by atoms with Crippen molar-refractivity contribution in [1.82, 2.24) is 5.32 Å². The Balaban J connectivity index is 1.81. The highest BCUT2D eigenvalue weighted by Gasteiger charge is 2.30. The number of thiophene rings is 1. The zero-order chi connectivity index (χ0) is 15.4. The molecule has 0 bridgehead atoms. The number of carbonyl (C=O) groups is 1. The van der Waals surface area contributed by atoms with Crippen molar-refractivity contribution in [3.8, 4) is 0 Å². The van der Waals surface area contributed by atoms with Crippen LogP contribution in [0.4, 0.5) is 0 Å². The van der Waals surface area contributed by atoms with Gasteiger partial charge in [0.15, 0.2) is 0 Å². The maximum atomic E-state index is 12.3. The second kappa shape index (κ2) is 7.38. The maximum absolute atomic E-state index is 12.3. The van der Waals surface area contributed by atoms with Gasteiger partial charge in [0.2, 0.25) is 5.91 Å². The molecule has 4 unspecified atom stereocenters. The predicted molar refractivity (Wildman–Crippen MR) is 84.2 cm³/mol. The molecule has 0 radical (unpaired) electrons. The Morgan fingerprint density at radius 1 is 1.48 bits per heavy atom. The standard InChI is InChI=1S/C16H25NO3S/c1-10(7-14(18)15-5-4-6-21-15)17-16(19)13-8-11(2)20-12(3)9-13/h4-6,10-14,18H,7-9H2,1-3H3,(H,17,19). The van der Waals surface area contributed by atoms with E-state index in [4.69, 9.17) is 4.74 Å². The Morgan fingerprint density at radius 3 is 2.71 bits per heavy atom. The van der Waals surface area contributed by atoms with Crippen LogP contribution in [0.25, 0.3) is 0 Å². The first-order valence-electron chi connectivity index (χ1n) is 7.63. The summed E-state index contributed by atoms with van der Waals surface area (Å²) >= 11 is 1.54. The summed E-state index contributed by atoms with van der Waals surface area (Å²) in [5, 5.41) is 15.1. The molecule has 118 valence electrons. The predicted octanol–water partition coefficient (Wildman–Crippen LogP) is 2.88. The molecule has 1 saturated heterocycles. The van der Waals surface area contributed by atoms with Crippen molar-refractivity contribution >= 4 is 17.2 Å². The van der Waals surface area contributed by atoms with Crippen molar-refractivity contribution < 1.29 is 14.6 Å². The Morgan fingerprint density at radius 2 is 2.14 bits per heavy atom. The smallest absolute Gasteiger partial charge is 0.223 e. The van der Waals surface area contributed by atoms with Crippen molar-refractivity contribution in [3.63, 3.8) is 0 Å². The zero-order valence-electron chi connectivity index (χ0n) is 12.9. The average molecular weight is 311 g/mol. The van der Waals surface area contributed by atoms with Crippen LogP contribution in [-0.4, -0.2) is 29.3 Å². The summed E-state index contributed by atoms with van der Waals surface area (Å²) in [4.78, 5) is 13.3. The first-order valence-corrected chi connectivity index (χ1v) is 8.51. The van der Waals surface area contributed by atoms with E-state index in [1.54, 1.807) is 11.3 Å². The SMILES string of the molecule is CC(CC(O)c1cccs1)NC(=O)C1CC(C)OC(C)C1. The molecule has 21 heavy (non-hydrogen) atoms. The highest BCUT2D eigenvalue weighted by Crippen LogP contribution is 2.26. The van der Waals surface area contributed by atoms with Gasteiger partial charge in [0.05, 0.1) is 18.3 Å². The number of hydrogen-bond donors (Lipinski definition) is 2. The van der Waals surface area contributed by atoms with Crippen LogP contribution >= 0.6 is 11.3 Å². The summed E-state index contributed by atoms with van der Waals surface area (Å²) in [7, 11) is 0. The third-order valence-corrected chi connectivity index (χ3v) is 4.88. The van der Waals surface area contributed by atoms with Crippen molar-refractivity contribution in [2.45, 2.75) is 64.4 Å². The molecule has 2 rings (SSSR count). The Hall–Kier alpha value is -0.910. The fraction of sp³-hybridized carbons (Fsp3) is 0.688. The summed E-state index contributed by atoms with van der Waals surface area (Å²) in [6, 6.07) is 3.81. The van der Waals surface area contributed by atoms with Crippen LogP contribution < -0.4 is 5.32 Å². The first-order chi connectivity index (χ1) is 9.95. The molecule has 1 aromatic rings. The lowest BCUT2D eigenvalue weighted by molar-refractivity contribution is -0.133. The molecule has 2 heterocycles. The van der Waals surface area contributed by atoms with Gasteiger partial charge in [0.1, 0.15) is 0 Å². The third kappa shape index (κ3) is 4.80. The van der Waals surface area contributed by atoms with Crippen LogP contribution in [0.1, 0.15) is 51.0 Å². The molecule has 0 aliphatic carbocycles. The Labute approximate surface area is 130 Å². The van der Waals surface area contributed by atoms with E-state index in [9.17, 15) is 9.90 Å². The molecular formula is C16H25NO3S. The summed E-state index contributed by atoms with van der Waals surface area (Å²) < 4.78 is 5.67. The Bertz CT molecular complexity index is 438. The minimum atomic E-state index is -0.507. The minimum absolute atomic E-state index is 0.0186. The van der Waals surface area contributed by atoms with Gasteiger partial charge in [0.25, 0.3) is 0 Å². The van der Waals surface area contributed by atoms with Crippen molar-refractivity contribution in [2.24, 2.45) is 5.92 Å². The van der Waals surface area contributed by atoms with E-state index in [2.05, 4.69) is 5.32 Å². The van der Waals surface area contributed by atoms with E-state index in [0.717, 1.165) is 17.7 Å². The summed E-state index contributed by atoms with van der Waals surface area (Å²) in [6.45, 7) is 5.97. The van der Waals surface area contributed by atoms with Gasteiger partial charge in [-0.3, -0.25) is 4.79 Å². The van der Waals surface area contributed by atoms with Crippen molar-refractivity contribution in [3.05, 3.63) is 22.4 Å². The maximum Gasteiger partial charge on any atom is 0.223 e. The van der Waals surface area contributed by atoms with Gasteiger partial charge >= 0.3 is 0 Å². The molecule has 4 nitrogen and oxygen atoms in total. The first kappa shape index (κ1) is 16.5. The molecular weight excluding hydrogens is 286 g/mol. The normalized spacial score (nSPS) is 28.9. The molecule has 1 fully saturated rings. The van der Waals surface area contributed by atoms with Gasteiger partial charge in [-0.25, -0.2) is 0 Å². The van der Waals surface area contributed by atoms with Crippen LogP contribution in [0.5, 0.6) is 0 Å². The second-order valence-electron chi connectivity index (χ2n) is 6.10. The Kier molecular flexibility index (Phi) is 5.79. The zero-order valence-corrected chi connectivity index (χ0v) is 13.7. The summed E-state index contributed by atoms with van der Waals surface area (Å²) in [6.07, 6.45) is 1.86. The molecule has 0 aromatic carbocycles. The number of amides is 1. The molecule has 4 atom stereocenters. The lowest BCUT2D eigenvalue weighted by atomic mass is 9.91. The number of aliphatic hydroxyl groups excluding tert-OH is 1. The fourth-order valence-electron chi connectivity index (χ4n) is 2.97. The molecule has 1 aliphatic heterocycles. The van der Waals surface area contributed by atoms with Gasteiger partial charge in [-0.15, -0.1) is 11.3 Å². The van der Waals surface area contributed by atoms with E-state index in [-0.39, 0.29) is 30.1 Å². The van der Waals surface area contributed by atoms with Gasteiger partial charge in [-0.1, -0.05) is 6.07 Å². The van der Waals surface area contributed by atoms with E-state index in [0.29, 0.717) is 6.42 Å². The molecule has 2 N–H and O–H groups in total. The molecule has 5 heteroatoms. The largest absolute Gasteiger partial charge is 0.387 e. The van der Waals surface area contributed by atoms with E-state index >= 15 is 0 Å². The highest BCUT2D eigenvalue weighted by molar-refractivity contribution is 7.10. The van der Waals surface area contributed by atoms with Crippen LogP contribution in [0.2, 0.25) is 0 Å². The van der Waals surface area contributed by atoms with Crippen LogP contribution in [0.15, 0.2) is 17.5 Å². The van der Waals surface area contributed by atoms with E-state index in [1.165, 1.54) is 0 Å². The van der Waals surface area contributed by atoms with Gasteiger partial charge < -0.3 is 15.2 Å². The fourth-order valence-corrected chi connectivity index (χ4v) is 3.70. The molecule has 1 amide bonds. The number of ether oxygens (including phenoxy) is 1. The topological polar surface area (TPSA) is 58.6 Å². The minimum Gasteiger partial charge on any atom is -0.387 e. The van der Waals surface area contributed by atoms with Crippen LogP contribution in [0.3, 0.4) is 0 Å². The number of aliphatic hydroxyl groups is 1. The van der Waals surface area contributed by atoms with E-state index < -0.39 is 6.10 Å². The second-order valence-corrected chi connectivity index (χ2v) is 7.08. The summed E-state index contributed by atoms with van der Waals surface area (Å²) in [5.41, 5.74) is 0.